The fourth-order valence-corrected chi connectivity index (χ4v) is 4.72. The molecule has 106 valence electrons. The molecular weight excluding hydrogens is 282 g/mol. The number of nitrogens with one attached hydrogen (secondary N) is 1. The van der Waals surface area contributed by atoms with Gasteiger partial charge in [0.2, 0.25) is 10.0 Å². The molecule has 1 aromatic rings. The topological polar surface area (TPSA) is 85.1 Å². The van der Waals surface area contributed by atoms with Gasteiger partial charge in [-0.05, 0) is 32.1 Å². The molecule has 2 aliphatic rings. The molecule has 1 saturated carbocycles. The molecule has 1 aromatic heterocycles. The van der Waals surface area contributed by atoms with Crippen molar-refractivity contribution in [1.29, 1.82) is 0 Å². The highest BCUT2D eigenvalue weighted by Gasteiger charge is 2.28. The maximum absolute atomic E-state index is 11.2. The Labute approximate surface area is 117 Å². The Balaban J connectivity index is 1.74. The SMILES string of the molecule is NS(=O)(=O)Cc1nc2c(s1)CCCC2CNC1CC1. The van der Waals surface area contributed by atoms with Crippen molar-refractivity contribution in [3.63, 3.8) is 0 Å². The summed E-state index contributed by atoms with van der Waals surface area (Å²) in [5.74, 6) is 0.308. The molecule has 0 spiro atoms. The Kier molecular flexibility index (Phi) is 3.63. The molecule has 1 unspecified atom stereocenters. The average Bonchev–Trinajstić information content (AvgIpc) is 3.04. The first-order valence-corrected chi connectivity index (χ1v) is 9.27. The van der Waals surface area contributed by atoms with Crippen LogP contribution in [0.5, 0.6) is 0 Å². The fraction of sp³-hybridized carbons (Fsp3) is 0.750. The van der Waals surface area contributed by atoms with Crippen LogP contribution in [0, 0.1) is 0 Å². The van der Waals surface area contributed by atoms with Gasteiger partial charge >= 0.3 is 0 Å². The summed E-state index contributed by atoms with van der Waals surface area (Å²) >= 11 is 1.52. The second-order valence-corrected chi connectivity index (χ2v) is 8.28. The molecule has 0 saturated heterocycles. The number of hydrogen-bond acceptors (Lipinski definition) is 5. The zero-order chi connectivity index (χ0) is 13.5. The molecule has 0 amide bonds. The molecule has 2 aliphatic carbocycles. The summed E-state index contributed by atoms with van der Waals surface area (Å²) in [5, 5.41) is 9.28. The number of primary sulfonamides is 1. The van der Waals surface area contributed by atoms with Gasteiger partial charge in [-0.15, -0.1) is 11.3 Å². The van der Waals surface area contributed by atoms with Crippen molar-refractivity contribution >= 4 is 21.4 Å². The van der Waals surface area contributed by atoms with Crippen molar-refractivity contribution in [2.24, 2.45) is 5.14 Å². The van der Waals surface area contributed by atoms with Gasteiger partial charge in [-0.1, -0.05) is 0 Å². The number of aromatic nitrogens is 1. The standard InChI is InChI=1S/C12H19N3O2S2/c13-19(16,17)7-11-15-12-8(6-14-9-4-5-9)2-1-3-10(12)18-11/h8-9,14H,1-7H2,(H2,13,16,17). The van der Waals surface area contributed by atoms with Crippen molar-refractivity contribution in [1.82, 2.24) is 10.3 Å². The Bertz CT molecular complexity index is 564. The minimum atomic E-state index is -3.48. The fourth-order valence-electron chi connectivity index (χ4n) is 2.59. The summed E-state index contributed by atoms with van der Waals surface area (Å²) < 4.78 is 22.3. The predicted molar refractivity (Wildman–Crippen MR) is 75.6 cm³/mol. The molecule has 19 heavy (non-hydrogen) atoms. The Hall–Kier alpha value is -0.500. The smallest absolute Gasteiger partial charge is 0.215 e. The lowest BCUT2D eigenvalue weighted by Gasteiger charge is -2.21. The van der Waals surface area contributed by atoms with Crippen LogP contribution in [0.2, 0.25) is 0 Å². The summed E-state index contributed by atoms with van der Waals surface area (Å²) in [6, 6.07) is 0.702. The lowest BCUT2D eigenvalue weighted by Crippen LogP contribution is -2.26. The number of rotatable bonds is 5. The molecule has 7 heteroatoms. The van der Waals surface area contributed by atoms with Gasteiger partial charge < -0.3 is 5.32 Å². The number of nitrogens with two attached hydrogens (primary N) is 1. The molecular formula is C12H19N3O2S2. The molecule has 1 atom stereocenters. The van der Waals surface area contributed by atoms with Gasteiger partial charge in [-0.25, -0.2) is 18.5 Å². The summed E-state index contributed by atoms with van der Waals surface area (Å²) in [7, 11) is -3.48. The van der Waals surface area contributed by atoms with Crippen molar-refractivity contribution in [2.75, 3.05) is 6.54 Å². The molecule has 3 N–H and O–H groups in total. The number of hydrogen-bond donors (Lipinski definition) is 2. The van der Waals surface area contributed by atoms with Crippen LogP contribution < -0.4 is 10.5 Å². The van der Waals surface area contributed by atoms with E-state index in [9.17, 15) is 8.42 Å². The first kappa shape index (κ1) is 13.5. The van der Waals surface area contributed by atoms with E-state index in [1.54, 1.807) is 0 Å². The minimum Gasteiger partial charge on any atom is -0.313 e. The van der Waals surface area contributed by atoms with Crippen LogP contribution in [0.25, 0.3) is 0 Å². The Morgan fingerprint density at radius 1 is 1.37 bits per heavy atom. The number of sulfonamides is 1. The zero-order valence-electron chi connectivity index (χ0n) is 10.8. The number of aryl methyl sites for hydroxylation is 1. The van der Waals surface area contributed by atoms with Gasteiger partial charge in [0.25, 0.3) is 0 Å². The maximum atomic E-state index is 11.2. The lowest BCUT2D eigenvalue weighted by molar-refractivity contribution is 0.500. The maximum Gasteiger partial charge on any atom is 0.215 e. The molecule has 1 fully saturated rings. The molecule has 0 aromatic carbocycles. The summed E-state index contributed by atoms with van der Waals surface area (Å²) in [5.41, 5.74) is 1.11. The zero-order valence-corrected chi connectivity index (χ0v) is 12.4. The van der Waals surface area contributed by atoms with E-state index in [0.29, 0.717) is 17.0 Å². The minimum absolute atomic E-state index is 0.132. The first-order chi connectivity index (χ1) is 9.01. The van der Waals surface area contributed by atoms with Gasteiger partial charge in [0.1, 0.15) is 10.8 Å². The van der Waals surface area contributed by atoms with E-state index in [-0.39, 0.29) is 5.75 Å². The van der Waals surface area contributed by atoms with E-state index in [2.05, 4.69) is 10.3 Å². The van der Waals surface area contributed by atoms with E-state index in [4.69, 9.17) is 5.14 Å². The average molecular weight is 301 g/mol. The van der Waals surface area contributed by atoms with Crippen LogP contribution in [0.1, 0.15) is 47.2 Å². The monoisotopic (exact) mass is 301 g/mol. The van der Waals surface area contributed by atoms with Crippen molar-refractivity contribution < 1.29 is 8.42 Å². The van der Waals surface area contributed by atoms with E-state index < -0.39 is 10.0 Å². The van der Waals surface area contributed by atoms with Gasteiger partial charge in [0.05, 0.1) is 5.69 Å². The van der Waals surface area contributed by atoms with E-state index in [1.165, 1.54) is 35.5 Å². The van der Waals surface area contributed by atoms with E-state index in [0.717, 1.165) is 25.1 Å². The lowest BCUT2D eigenvalue weighted by atomic mass is 9.91. The van der Waals surface area contributed by atoms with Crippen LogP contribution in [-0.2, 0) is 22.2 Å². The Morgan fingerprint density at radius 2 is 2.16 bits per heavy atom. The van der Waals surface area contributed by atoms with Crippen LogP contribution in [-0.4, -0.2) is 26.0 Å². The number of fused-ring (bicyclic) bond motifs is 1. The normalized spacial score (nSPS) is 23.3. The second kappa shape index (κ2) is 5.12. The van der Waals surface area contributed by atoms with Crippen molar-refractivity contribution in [3.05, 3.63) is 15.6 Å². The third-order valence-corrected chi connectivity index (χ3v) is 5.66. The number of thiazole rings is 1. The Morgan fingerprint density at radius 3 is 2.84 bits per heavy atom. The second-order valence-electron chi connectivity index (χ2n) is 5.49. The quantitative estimate of drug-likeness (QED) is 0.853. The first-order valence-electron chi connectivity index (χ1n) is 6.73. The van der Waals surface area contributed by atoms with Crippen LogP contribution >= 0.6 is 11.3 Å². The molecule has 0 aliphatic heterocycles. The molecule has 0 bridgehead atoms. The highest BCUT2D eigenvalue weighted by Crippen LogP contribution is 2.35. The van der Waals surface area contributed by atoms with Crippen molar-refractivity contribution in [3.8, 4) is 0 Å². The third-order valence-electron chi connectivity index (χ3n) is 3.67. The van der Waals surface area contributed by atoms with E-state index >= 15 is 0 Å². The largest absolute Gasteiger partial charge is 0.313 e. The van der Waals surface area contributed by atoms with E-state index in [1.807, 2.05) is 0 Å². The third kappa shape index (κ3) is 3.53. The van der Waals surface area contributed by atoms with Crippen LogP contribution in [0.3, 0.4) is 0 Å². The van der Waals surface area contributed by atoms with Gasteiger partial charge in [-0.2, -0.15) is 0 Å². The number of nitrogens with zero attached hydrogens (tertiary/aromatic N) is 1. The van der Waals surface area contributed by atoms with Crippen molar-refractivity contribution in [2.45, 2.75) is 49.8 Å². The highest BCUT2D eigenvalue weighted by molar-refractivity contribution is 7.88. The molecule has 0 radical (unpaired) electrons. The van der Waals surface area contributed by atoms with Gasteiger partial charge in [0.15, 0.2) is 0 Å². The van der Waals surface area contributed by atoms with Crippen LogP contribution in [0.15, 0.2) is 0 Å². The molecule has 1 heterocycles. The predicted octanol–water partition coefficient (Wildman–Crippen LogP) is 1.10. The van der Waals surface area contributed by atoms with Gasteiger partial charge in [-0.3, -0.25) is 0 Å². The van der Waals surface area contributed by atoms with Gasteiger partial charge in [0, 0.05) is 23.4 Å². The molecule has 5 nitrogen and oxygen atoms in total. The summed E-state index contributed by atoms with van der Waals surface area (Å²) in [6.07, 6.45) is 5.91. The highest BCUT2D eigenvalue weighted by atomic mass is 32.2. The summed E-state index contributed by atoms with van der Waals surface area (Å²) in [4.78, 5) is 5.79. The summed E-state index contributed by atoms with van der Waals surface area (Å²) in [6.45, 7) is 0.968. The molecule has 3 rings (SSSR count). The van der Waals surface area contributed by atoms with Crippen LogP contribution in [0.4, 0.5) is 0 Å².